The second-order valence-electron chi connectivity index (χ2n) is 11.8. The Morgan fingerprint density at radius 1 is 1.14 bits per heavy atom. The molecule has 1 aliphatic carbocycles. The number of nitrogens with zero attached hydrogens (tertiary/aromatic N) is 4. The maximum atomic E-state index is 14.5. The van der Waals surface area contributed by atoms with Gasteiger partial charge in [0.25, 0.3) is 6.43 Å². The summed E-state index contributed by atoms with van der Waals surface area (Å²) in [5.74, 6) is 0.869. The molecule has 0 saturated heterocycles. The number of rotatable bonds is 8. The normalized spacial score (nSPS) is 16.1. The summed E-state index contributed by atoms with van der Waals surface area (Å²) in [6.45, 7) is 8.15. The van der Waals surface area contributed by atoms with Crippen LogP contribution in [-0.4, -0.2) is 34.0 Å². The standard InChI is InChI=1S/C35H35F2N4O2/c1-5-6-7-10-24-29-18-40-19-30(35(42)43-4)27-14-23(13-25(33(27)40)20(2)32(24)29)41-11-8-9-21-12-26(22-16-38-39(3)17-22)28(34(36)37)15-31(21)41/h12-17,19,34H,2,5-11,18H2,1,3-4H3. The van der Waals surface area contributed by atoms with Gasteiger partial charge in [-0.3, -0.25) is 4.68 Å². The lowest BCUT2D eigenvalue weighted by molar-refractivity contribution is 0.0602. The summed E-state index contributed by atoms with van der Waals surface area (Å²) in [6.07, 6.45) is 8.87. The van der Waals surface area contributed by atoms with Crippen molar-refractivity contribution in [3.05, 3.63) is 88.8 Å². The summed E-state index contributed by atoms with van der Waals surface area (Å²) in [7, 11) is 3.18. The number of ether oxygens (including phenoxy) is 1. The molecule has 2 aromatic heterocycles. The van der Waals surface area contributed by atoms with E-state index in [-0.39, 0.29) is 5.56 Å². The molecular formula is C35H35F2N4O2. The Kier molecular flexibility index (Phi) is 6.75. The lowest BCUT2D eigenvalue weighted by atomic mass is 9.91. The van der Waals surface area contributed by atoms with Crippen molar-refractivity contribution in [3.63, 3.8) is 0 Å². The van der Waals surface area contributed by atoms with Crippen molar-refractivity contribution in [2.24, 2.45) is 7.05 Å². The molecule has 0 saturated carbocycles. The number of esters is 1. The molecule has 0 atom stereocenters. The highest BCUT2D eigenvalue weighted by molar-refractivity contribution is 6.11. The maximum Gasteiger partial charge on any atom is 0.340 e. The van der Waals surface area contributed by atoms with Crippen LogP contribution in [-0.2, 0) is 24.8 Å². The molecule has 43 heavy (non-hydrogen) atoms. The van der Waals surface area contributed by atoms with Gasteiger partial charge in [0.05, 0.1) is 30.3 Å². The minimum atomic E-state index is -2.64. The highest BCUT2D eigenvalue weighted by Crippen LogP contribution is 2.57. The van der Waals surface area contributed by atoms with Crippen LogP contribution in [0.4, 0.5) is 20.2 Å². The van der Waals surface area contributed by atoms with E-state index in [9.17, 15) is 13.6 Å². The molecule has 3 aliphatic rings. The Morgan fingerprint density at radius 2 is 1.98 bits per heavy atom. The number of halogens is 2. The average molecular weight is 582 g/mol. The number of hydrogen-bond acceptors (Lipinski definition) is 4. The van der Waals surface area contributed by atoms with Gasteiger partial charge in [0.1, 0.15) is 0 Å². The molecule has 4 heterocycles. The molecular weight excluding hydrogens is 546 g/mol. The summed E-state index contributed by atoms with van der Waals surface area (Å²) in [5.41, 5.74) is 9.97. The molecule has 0 unspecified atom stereocenters. The molecule has 2 aromatic carbocycles. The SMILES string of the molecule is C=C1[C]2C(CCCCC)=C2Cn2cc(C(=O)OC)c3cc(N4CCCc5cc(-c6cnn(C)c6)c(C(F)F)cc54)cc1c32. The number of aryl methyl sites for hydroxylation is 2. The van der Waals surface area contributed by atoms with Gasteiger partial charge in [-0.2, -0.15) is 5.10 Å². The van der Waals surface area contributed by atoms with Gasteiger partial charge in [-0.1, -0.05) is 31.9 Å². The molecule has 0 amide bonds. The van der Waals surface area contributed by atoms with Crippen LogP contribution in [0.1, 0.15) is 72.5 Å². The number of carbonyl (C=O) groups excluding carboxylic acids is 1. The van der Waals surface area contributed by atoms with Gasteiger partial charge in [-0.15, -0.1) is 0 Å². The molecule has 7 rings (SSSR count). The zero-order chi connectivity index (χ0) is 30.0. The van der Waals surface area contributed by atoms with Crippen LogP contribution in [0.2, 0.25) is 0 Å². The topological polar surface area (TPSA) is 52.3 Å². The third-order valence-electron chi connectivity index (χ3n) is 9.19. The first-order valence-electron chi connectivity index (χ1n) is 15.1. The summed E-state index contributed by atoms with van der Waals surface area (Å²) >= 11 is 0. The van der Waals surface area contributed by atoms with E-state index in [2.05, 4.69) is 34.1 Å². The molecule has 221 valence electrons. The van der Waals surface area contributed by atoms with Gasteiger partial charge < -0.3 is 14.2 Å². The number of hydrogen-bond donors (Lipinski definition) is 0. The van der Waals surface area contributed by atoms with Crippen molar-refractivity contribution in [1.29, 1.82) is 0 Å². The minimum Gasteiger partial charge on any atom is -0.465 e. The van der Waals surface area contributed by atoms with Crippen LogP contribution in [0.25, 0.3) is 27.6 Å². The van der Waals surface area contributed by atoms with Gasteiger partial charge >= 0.3 is 5.97 Å². The van der Waals surface area contributed by atoms with E-state index in [1.165, 1.54) is 37.0 Å². The van der Waals surface area contributed by atoms with Crippen LogP contribution >= 0.6 is 0 Å². The van der Waals surface area contributed by atoms with Crippen molar-refractivity contribution in [2.75, 3.05) is 18.6 Å². The Morgan fingerprint density at radius 3 is 2.70 bits per heavy atom. The molecule has 2 aliphatic heterocycles. The highest BCUT2D eigenvalue weighted by Gasteiger charge is 2.42. The quantitative estimate of drug-likeness (QED) is 0.155. The molecule has 0 fully saturated rings. The van der Waals surface area contributed by atoms with Crippen molar-refractivity contribution >= 4 is 33.8 Å². The van der Waals surface area contributed by atoms with Crippen LogP contribution in [0.3, 0.4) is 0 Å². The third kappa shape index (κ3) is 4.50. The lowest BCUT2D eigenvalue weighted by Crippen LogP contribution is -2.25. The highest BCUT2D eigenvalue weighted by atomic mass is 19.3. The number of methoxy groups -OCH3 is 1. The number of benzene rings is 2. The monoisotopic (exact) mass is 581 g/mol. The zero-order valence-corrected chi connectivity index (χ0v) is 24.8. The van der Waals surface area contributed by atoms with E-state index in [0.717, 1.165) is 64.7 Å². The minimum absolute atomic E-state index is 0.0113. The molecule has 0 N–H and O–H groups in total. The number of fused-ring (bicyclic) bond motifs is 2. The first-order chi connectivity index (χ1) is 20.8. The smallest absolute Gasteiger partial charge is 0.340 e. The molecule has 6 nitrogen and oxygen atoms in total. The fourth-order valence-electron chi connectivity index (χ4n) is 7.06. The van der Waals surface area contributed by atoms with Gasteiger partial charge in [-0.05, 0) is 72.2 Å². The van der Waals surface area contributed by atoms with Crippen molar-refractivity contribution in [2.45, 2.75) is 58.4 Å². The Labute approximate surface area is 250 Å². The van der Waals surface area contributed by atoms with E-state index in [1.54, 1.807) is 30.2 Å². The summed E-state index contributed by atoms with van der Waals surface area (Å²) in [5, 5.41) is 5.01. The number of allylic oxidation sites excluding steroid dienone is 3. The average Bonchev–Trinajstić information content (AvgIpc) is 3.32. The van der Waals surface area contributed by atoms with Crippen LogP contribution in [0, 0.1) is 5.92 Å². The van der Waals surface area contributed by atoms with E-state index >= 15 is 0 Å². The van der Waals surface area contributed by atoms with E-state index in [1.807, 2.05) is 18.3 Å². The number of anilines is 2. The van der Waals surface area contributed by atoms with E-state index in [0.29, 0.717) is 29.8 Å². The summed E-state index contributed by atoms with van der Waals surface area (Å²) in [6, 6.07) is 7.69. The maximum absolute atomic E-state index is 14.5. The van der Waals surface area contributed by atoms with Gasteiger partial charge in [0.2, 0.25) is 0 Å². The van der Waals surface area contributed by atoms with Gasteiger partial charge in [-0.25, -0.2) is 13.6 Å². The number of carbonyl (C=O) groups is 1. The van der Waals surface area contributed by atoms with Crippen molar-refractivity contribution in [3.8, 4) is 11.1 Å². The zero-order valence-electron chi connectivity index (χ0n) is 24.8. The summed E-state index contributed by atoms with van der Waals surface area (Å²) < 4.78 is 38.0. The number of aromatic nitrogens is 3. The Hall–Kier alpha value is -4.20. The molecule has 4 aromatic rings. The van der Waals surface area contributed by atoms with E-state index in [4.69, 9.17) is 4.74 Å². The first-order valence-corrected chi connectivity index (χ1v) is 15.1. The van der Waals surface area contributed by atoms with Gasteiger partial charge in [0, 0.05) is 66.0 Å². The van der Waals surface area contributed by atoms with E-state index < -0.39 is 12.4 Å². The molecule has 8 heteroatoms. The number of unbranched alkanes of at least 4 members (excludes halogenated alkanes) is 2. The lowest BCUT2D eigenvalue weighted by Gasteiger charge is -2.33. The van der Waals surface area contributed by atoms with Crippen molar-refractivity contribution in [1.82, 2.24) is 14.3 Å². The number of alkyl halides is 2. The van der Waals surface area contributed by atoms with Gasteiger partial charge in [0.15, 0.2) is 0 Å². The summed E-state index contributed by atoms with van der Waals surface area (Å²) in [4.78, 5) is 15.1. The van der Waals surface area contributed by atoms with Crippen LogP contribution in [0.15, 0.2) is 60.6 Å². The Bertz CT molecular complexity index is 1830. The second kappa shape index (κ2) is 10.5. The fourth-order valence-corrected chi connectivity index (χ4v) is 7.06. The predicted octanol–water partition coefficient (Wildman–Crippen LogP) is 8.34. The molecule has 1 radical (unpaired) electrons. The second-order valence-corrected chi connectivity index (χ2v) is 11.8. The fraction of sp³-hybridized carbons (Fsp3) is 0.343. The molecule has 0 spiro atoms. The molecule has 0 bridgehead atoms. The predicted molar refractivity (Wildman–Crippen MR) is 166 cm³/mol. The third-order valence-corrected chi connectivity index (χ3v) is 9.19. The Balaban J connectivity index is 1.36. The largest absolute Gasteiger partial charge is 0.465 e. The first kappa shape index (κ1) is 27.6. The van der Waals surface area contributed by atoms with Crippen LogP contribution < -0.4 is 4.90 Å². The van der Waals surface area contributed by atoms with Crippen molar-refractivity contribution < 1.29 is 18.3 Å². The van der Waals surface area contributed by atoms with Crippen LogP contribution in [0.5, 0.6) is 0 Å².